The summed E-state index contributed by atoms with van der Waals surface area (Å²) in [4.78, 5) is 24.2. The highest BCUT2D eigenvalue weighted by atomic mass is 35.5. The molecule has 23 heavy (non-hydrogen) atoms. The van der Waals surface area contributed by atoms with Gasteiger partial charge in [0.15, 0.2) is 6.10 Å². The molecule has 1 unspecified atom stereocenters. The molecule has 1 N–H and O–H groups in total. The number of esters is 1. The number of carbonyl (C=O) groups is 2. The zero-order chi connectivity index (χ0) is 16.2. The number of halogens is 1. The Morgan fingerprint density at radius 2 is 2.09 bits per heavy atom. The van der Waals surface area contributed by atoms with Crippen molar-refractivity contribution < 1.29 is 19.1 Å². The lowest BCUT2D eigenvalue weighted by Gasteiger charge is -2.68. The van der Waals surface area contributed by atoms with Crippen molar-refractivity contribution in [1.29, 1.82) is 0 Å². The Morgan fingerprint density at radius 1 is 1.35 bits per heavy atom. The van der Waals surface area contributed by atoms with Crippen LogP contribution in [-0.4, -0.2) is 30.6 Å². The number of hydrogen-bond donors (Lipinski definition) is 1. The third-order valence-electron chi connectivity index (χ3n) is 5.30. The molecule has 0 spiro atoms. The normalized spacial score (nSPS) is 33.4. The van der Waals surface area contributed by atoms with Gasteiger partial charge in [-0.25, -0.2) is 0 Å². The second-order valence-corrected chi connectivity index (χ2v) is 7.41. The lowest BCUT2D eigenvalue weighted by Crippen LogP contribution is -2.77. The van der Waals surface area contributed by atoms with Crippen molar-refractivity contribution in [1.82, 2.24) is 5.32 Å². The number of nitrogens with one attached hydrogen (secondary N) is 1. The monoisotopic (exact) mass is 335 g/mol. The first-order chi connectivity index (χ1) is 11.0. The number of rotatable bonds is 3. The molecule has 1 amide bonds. The molecular formula is C17H18ClNO4. The van der Waals surface area contributed by atoms with Crippen LogP contribution in [0.25, 0.3) is 0 Å². The molecule has 1 atom stereocenters. The minimum atomic E-state index is -0.480. The summed E-state index contributed by atoms with van der Waals surface area (Å²) < 4.78 is 10.6. The van der Waals surface area contributed by atoms with Crippen LogP contribution in [0.3, 0.4) is 0 Å². The molecule has 0 saturated heterocycles. The van der Waals surface area contributed by atoms with Crippen LogP contribution in [0.2, 0.25) is 5.02 Å². The van der Waals surface area contributed by atoms with Gasteiger partial charge in [-0.05, 0) is 55.9 Å². The third kappa shape index (κ3) is 2.21. The molecule has 0 radical (unpaired) electrons. The Morgan fingerprint density at radius 3 is 2.78 bits per heavy atom. The Hall–Kier alpha value is -1.75. The van der Waals surface area contributed by atoms with Crippen molar-refractivity contribution in [3.63, 3.8) is 0 Å². The molecule has 3 saturated carbocycles. The van der Waals surface area contributed by atoms with E-state index in [2.05, 4.69) is 5.32 Å². The van der Waals surface area contributed by atoms with E-state index in [0.717, 1.165) is 17.7 Å². The van der Waals surface area contributed by atoms with E-state index in [9.17, 15) is 9.59 Å². The second kappa shape index (κ2) is 4.87. The predicted molar refractivity (Wildman–Crippen MR) is 83.4 cm³/mol. The summed E-state index contributed by atoms with van der Waals surface area (Å²) in [5.74, 6) is 0.474. The minimum absolute atomic E-state index is 0.0937. The van der Waals surface area contributed by atoms with Crippen molar-refractivity contribution in [2.75, 3.05) is 7.11 Å². The summed E-state index contributed by atoms with van der Waals surface area (Å²) in [5, 5.41) is 3.75. The minimum Gasteiger partial charge on any atom is -0.480 e. The number of ether oxygens (including phenoxy) is 2. The number of fused-ring (bicyclic) bond motifs is 1. The van der Waals surface area contributed by atoms with Crippen LogP contribution in [-0.2, 0) is 20.7 Å². The first-order valence-electron chi connectivity index (χ1n) is 7.81. The molecular weight excluding hydrogens is 318 g/mol. The number of carbonyl (C=O) groups excluding carboxylic acids is 2. The lowest BCUT2D eigenvalue weighted by atomic mass is 9.39. The smallest absolute Gasteiger partial charge is 0.312 e. The van der Waals surface area contributed by atoms with E-state index < -0.39 is 6.10 Å². The van der Waals surface area contributed by atoms with Gasteiger partial charge in [-0.2, -0.15) is 0 Å². The fraction of sp³-hybridized carbons (Fsp3) is 0.529. The van der Waals surface area contributed by atoms with Gasteiger partial charge in [-0.15, -0.1) is 0 Å². The van der Waals surface area contributed by atoms with Gasteiger partial charge in [0, 0.05) is 10.6 Å². The van der Waals surface area contributed by atoms with Gasteiger partial charge in [0.1, 0.15) is 5.75 Å². The van der Waals surface area contributed by atoms with Gasteiger partial charge in [-0.1, -0.05) is 11.6 Å². The van der Waals surface area contributed by atoms with Gasteiger partial charge >= 0.3 is 5.97 Å². The third-order valence-corrected chi connectivity index (χ3v) is 5.53. The maximum Gasteiger partial charge on any atom is 0.312 e. The maximum atomic E-state index is 12.5. The Balaban J connectivity index is 1.37. The molecule has 1 aromatic rings. The first kappa shape index (κ1) is 14.8. The van der Waals surface area contributed by atoms with Crippen molar-refractivity contribution >= 4 is 23.5 Å². The fourth-order valence-electron chi connectivity index (χ4n) is 4.24. The molecule has 5 nitrogen and oxygen atoms in total. The van der Waals surface area contributed by atoms with Crippen LogP contribution in [0, 0.1) is 5.41 Å². The van der Waals surface area contributed by atoms with E-state index in [0.29, 0.717) is 30.7 Å². The molecule has 3 fully saturated rings. The standard InChI is InChI=1S/C17H18ClNO4/c1-22-15(21)16-7-17(8-16,9-16)19-14(20)13-4-2-10-6-11(18)3-5-12(10)23-13/h3,5-6,13H,2,4,7-9H2,1H3,(H,19,20). The number of hydrogen-bond acceptors (Lipinski definition) is 4. The molecule has 1 aliphatic heterocycles. The van der Waals surface area contributed by atoms with E-state index >= 15 is 0 Å². The molecule has 0 aromatic heterocycles. The van der Waals surface area contributed by atoms with Crippen molar-refractivity contribution in [2.45, 2.75) is 43.7 Å². The Labute approximate surface area is 139 Å². The van der Waals surface area contributed by atoms with Gasteiger partial charge < -0.3 is 14.8 Å². The van der Waals surface area contributed by atoms with E-state index in [1.165, 1.54) is 7.11 Å². The summed E-state index contributed by atoms with van der Waals surface area (Å²) in [7, 11) is 1.41. The van der Waals surface area contributed by atoms with Gasteiger partial charge in [-0.3, -0.25) is 9.59 Å². The predicted octanol–water partition coefficient (Wildman–Crippen LogP) is 2.25. The van der Waals surface area contributed by atoms with Crippen molar-refractivity contribution in [3.8, 4) is 5.75 Å². The van der Waals surface area contributed by atoms with Gasteiger partial charge in [0.2, 0.25) is 0 Å². The van der Waals surface area contributed by atoms with Crippen LogP contribution in [0.4, 0.5) is 0 Å². The second-order valence-electron chi connectivity index (χ2n) is 6.97. The molecule has 1 heterocycles. The fourth-order valence-corrected chi connectivity index (χ4v) is 4.43. The largest absolute Gasteiger partial charge is 0.480 e. The van der Waals surface area contributed by atoms with Gasteiger partial charge in [0.05, 0.1) is 12.5 Å². The summed E-state index contributed by atoms with van der Waals surface area (Å²) in [6, 6.07) is 5.46. The zero-order valence-corrected chi connectivity index (χ0v) is 13.6. The SMILES string of the molecule is COC(=O)C12CC(NC(=O)C3CCc4cc(Cl)ccc4O3)(C1)C2. The highest BCUT2D eigenvalue weighted by Gasteiger charge is 2.73. The van der Waals surface area contributed by atoms with Crippen LogP contribution < -0.4 is 10.1 Å². The Kier molecular flexibility index (Phi) is 3.14. The average Bonchev–Trinajstić information content (AvgIpc) is 2.47. The highest BCUT2D eigenvalue weighted by Crippen LogP contribution is 2.67. The first-order valence-corrected chi connectivity index (χ1v) is 8.19. The summed E-state index contributed by atoms with van der Waals surface area (Å²) in [6.45, 7) is 0. The maximum absolute atomic E-state index is 12.5. The molecule has 2 bridgehead atoms. The van der Waals surface area contributed by atoms with E-state index in [1.807, 2.05) is 12.1 Å². The van der Waals surface area contributed by atoms with Crippen LogP contribution in [0.1, 0.15) is 31.2 Å². The van der Waals surface area contributed by atoms with Crippen LogP contribution >= 0.6 is 11.6 Å². The van der Waals surface area contributed by atoms with Gasteiger partial charge in [0.25, 0.3) is 5.91 Å². The number of amides is 1. The highest BCUT2D eigenvalue weighted by molar-refractivity contribution is 6.30. The molecule has 4 aliphatic rings. The number of aryl methyl sites for hydroxylation is 1. The van der Waals surface area contributed by atoms with Crippen molar-refractivity contribution in [3.05, 3.63) is 28.8 Å². The van der Waals surface area contributed by atoms with E-state index in [4.69, 9.17) is 21.1 Å². The van der Waals surface area contributed by atoms with E-state index in [1.54, 1.807) is 6.07 Å². The van der Waals surface area contributed by atoms with E-state index in [-0.39, 0.29) is 22.8 Å². The summed E-state index contributed by atoms with van der Waals surface area (Å²) >= 11 is 5.97. The molecule has 3 aliphatic carbocycles. The quantitative estimate of drug-likeness (QED) is 0.860. The topological polar surface area (TPSA) is 64.6 Å². The molecule has 1 aromatic carbocycles. The average molecular weight is 336 g/mol. The number of methoxy groups -OCH3 is 1. The zero-order valence-electron chi connectivity index (χ0n) is 12.9. The van der Waals surface area contributed by atoms with Crippen molar-refractivity contribution in [2.24, 2.45) is 5.41 Å². The lowest BCUT2D eigenvalue weighted by molar-refractivity contribution is -0.203. The summed E-state index contributed by atoms with van der Waals surface area (Å²) in [5.41, 5.74) is 0.463. The molecule has 6 heteroatoms. The summed E-state index contributed by atoms with van der Waals surface area (Å²) in [6.07, 6.45) is 2.96. The van der Waals surface area contributed by atoms with Crippen LogP contribution in [0.5, 0.6) is 5.75 Å². The van der Waals surface area contributed by atoms with Crippen LogP contribution in [0.15, 0.2) is 18.2 Å². The number of benzene rings is 1. The Bertz CT molecular complexity index is 682. The molecule has 5 rings (SSSR count). The molecule has 122 valence electrons.